The molecule has 2 aromatic carbocycles. The van der Waals surface area contributed by atoms with Crippen molar-refractivity contribution in [3.63, 3.8) is 0 Å². The Kier molecular flexibility index (Phi) is 7.21. The molecule has 1 fully saturated rings. The number of benzene rings is 2. The Morgan fingerprint density at radius 1 is 1.06 bits per heavy atom. The fourth-order valence-corrected chi connectivity index (χ4v) is 6.43. The van der Waals surface area contributed by atoms with E-state index < -0.39 is 0 Å². The second-order valence-electron chi connectivity index (χ2n) is 9.79. The third kappa shape index (κ3) is 4.95. The highest BCUT2D eigenvalue weighted by molar-refractivity contribution is 7.10. The summed E-state index contributed by atoms with van der Waals surface area (Å²) in [6, 6.07) is 16.5. The molecule has 2 unspecified atom stereocenters. The minimum atomic E-state index is -0.238. The number of rotatable bonds is 5. The molecule has 5 nitrogen and oxygen atoms in total. The van der Waals surface area contributed by atoms with Gasteiger partial charge in [-0.05, 0) is 66.6 Å². The highest BCUT2D eigenvalue weighted by atomic mass is 32.1. The number of piperazine rings is 1. The Hall–Kier alpha value is -3.03. The quantitative estimate of drug-likeness (QED) is 0.495. The average molecular weight is 506 g/mol. The molecule has 0 aliphatic carbocycles. The summed E-state index contributed by atoms with van der Waals surface area (Å²) in [6.45, 7) is 7.05. The summed E-state index contributed by atoms with van der Waals surface area (Å²) in [5.74, 6) is -0.0950. The van der Waals surface area contributed by atoms with Crippen LogP contribution in [0.4, 0.5) is 4.39 Å². The second kappa shape index (κ2) is 10.5. The van der Waals surface area contributed by atoms with Gasteiger partial charge in [0.25, 0.3) is 5.91 Å². The van der Waals surface area contributed by atoms with Crippen molar-refractivity contribution in [2.75, 3.05) is 32.7 Å². The zero-order chi connectivity index (χ0) is 25.2. The van der Waals surface area contributed by atoms with Gasteiger partial charge < -0.3 is 9.80 Å². The van der Waals surface area contributed by atoms with Crippen LogP contribution in [0.2, 0.25) is 0 Å². The third-order valence-corrected chi connectivity index (χ3v) is 8.46. The first kappa shape index (κ1) is 24.7. The molecule has 2 aliphatic rings. The van der Waals surface area contributed by atoms with E-state index in [4.69, 9.17) is 0 Å². The molecular weight excluding hydrogens is 473 g/mol. The van der Waals surface area contributed by atoms with E-state index in [1.165, 1.54) is 16.5 Å². The summed E-state index contributed by atoms with van der Waals surface area (Å²) < 4.78 is 14.1. The Labute approximate surface area is 216 Å². The summed E-state index contributed by atoms with van der Waals surface area (Å²) >= 11 is 1.75. The molecule has 5 rings (SSSR count). The van der Waals surface area contributed by atoms with E-state index in [9.17, 15) is 14.0 Å². The summed E-state index contributed by atoms with van der Waals surface area (Å²) in [5, 5.41) is 2.10. The number of hydrogen-bond donors (Lipinski definition) is 0. The SMILES string of the molecule is Cc1ccccc1C(=O)N1CCN(C(=O)CCN2CCc3sccc3C2c2cccc(F)c2)CC1C. The van der Waals surface area contributed by atoms with Gasteiger partial charge in [-0.1, -0.05) is 30.3 Å². The van der Waals surface area contributed by atoms with E-state index in [0.717, 1.165) is 29.7 Å². The van der Waals surface area contributed by atoms with Gasteiger partial charge >= 0.3 is 0 Å². The number of aryl methyl sites for hydroxylation is 1. The van der Waals surface area contributed by atoms with Crippen molar-refractivity contribution in [2.24, 2.45) is 0 Å². The highest BCUT2D eigenvalue weighted by Gasteiger charge is 2.33. The minimum absolute atomic E-state index is 0.0329. The van der Waals surface area contributed by atoms with Gasteiger partial charge in [-0.15, -0.1) is 11.3 Å². The molecule has 2 amide bonds. The van der Waals surface area contributed by atoms with Crippen LogP contribution in [0.25, 0.3) is 0 Å². The zero-order valence-corrected chi connectivity index (χ0v) is 21.6. The van der Waals surface area contributed by atoms with E-state index in [1.807, 2.05) is 54.0 Å². The zero-order valence-electron chi connectivity index (χ0n) is 20.8. The molecule has 3 heterocycles. The topological polar surface area (TPSA) is 43.9 Å². The number of nitrogens with zero attached hydrogens (tertiary/aromatic N) is 3. The van der Waals surface area contributed by atoms with E-state index in [2.05, 4.69) is 16.3 Å². The standard InChI is InChI=1S/C29H32FN3O2S/c1-20-6-3-4-9-24(20)29(35)33-16-15-32(19-21(33)2)27(34)11-14-31-13-10-26-25(12-17-36-26)28(31)22-7-5-8-23(30)18-22/h3-9,12,17-18,21,28H,10-11,13-16,19H2,1-2H3. The molecule has 0 spiro atoms. The number of carbonyl (C=O) groups excluding carboxylic acids is 2. The predicted molar refractivity (Wildman–Crippen MR) is 141 cm³/mol. The Bertz CT molecular complexity index is 1260. The molecule has 2 aliphatic heterocycles. The van der Waals surface area contributed by atoms with Gasteiger partial charge in [0.2, 0.25) is 5.91 Å². The number of thiophene rings is 1. The second-order valence-corrected chi connectivity index (χ2v) is 10.8. The lowest BCUT2D eigenvalue weighted by Gasteiger charge is -2.41. The molecule has 2 atom stereocenters. The van der Waals surface area contributed by atoms with Gasteiger partial charge in [0.1, 0.15) is 5.82 Å². The Morgan fingerprint density at radius 3 is 2.67 bits per heavy atom. The number of carbonyl (C=O) groups is 2. The minimum Gasteiger partial charge on any atom is -0.339 e. The maximum atomic E-state index is 14.1. The van der Waals surface area contributed by atoms with E-state index in [-0.39, 0.29) is 29.7 Å². The summed E-state index contributed by atoms with van der Waals surface area (Å²) in [4.78, 5) is 33.7. The molecule has 0 radical (unpaired) electrons. The molecule has 36 heavy (non-hydrogen) atoms. The first-order valence-corrected chi connectivity index (χ1v) is 13.5. The van der Waals surface area contributed by atoms with Crippen molar-refractivity contribution in [2.45, 2.75) is 38.8 Å². The predicted octanol–water partition coefficient (Wildman–Crippen LogP) is 4.91. The smallest absolute Gasteiger partial charge is 0.254 e. The lowest BCUT2D eigenvalue weighted by Crippen LogP contribution is -2.55. The Balaban J connectivity index is 1.23. The van der Waals surface area contributed by atoms with Gasteiger partial charge in [0.15, 0.2) is 0 Å². The molecule has 188 valence electrons. The van der Waals surface area contributed by atoms with Crippen LogP contribution in [-0.2, 0) is 11.2 Å². The van der Waals surface area contributed by atoms with Crippen LogP contribution in [-0.4, -0.2) is 65.3 Å². The van der Waals surface area contributed by atoms with Gasteiger partial charge in [-0.3, -0.25) is 14.5 Å². The summed E-state index contributed by atoms with van der Waals surface area (Å²) in [6.07, 6.45) is 1.35. The van der Waals surface area contributed by atoms with E-state index in [0.29, 0.717) is 32.6 Å². The van der Waals surface area contributed by atoms with Crippen LogP contribution in [0, 0.1) is 12.7 Å². The molecule has 0 bridgehead atoms. The van der Waals surface area contributed by atoms with Crippen molar-refractivity contribution >= 4 is 23.2 Å². The summed E-state index contributed by atoms with van der Waals surface area (Å²) in [7, 11) is 0. The number of halogens is 1. The van der Waals surface area contributed by atoms with Crippen LogP contribution in [0.15, 0.2) is 60.0 Å². The van der Waals surface area contributed by atoms with E-state index >= 15 is 0 Å². The largest absolute Gasteiger partial charge is 0.339 e. The molecule has 0 N–H and O–H groups in total. The number of fused-ring (bicyclic) bond motifs is 1. The first-order valence-electron chi connectivity index (χ1n) is 12.6. The van der Waals surface area contributed by atoms with Crippen LogP contribution in [0.1, 0.15) is 51.3 Å². The fraction of sp³-hybridized carbons (Fsp3) is 0.379. The van der Waals surface area contributed by atoms with Crippen LogP contribution < -0.4 is 0 Å². The average Bonchev–Trinajstić information content (AvgIpc) is 3.35. The van der Waals surface area contributed by atoms with Crippen LogP contribution in [0.5, 0.6) is 0 Å². The first-order chi connectivity index (χ1) is 17.4. The van der Waals surface area contributed by atoms with Gasteiger partial charge in [-0.25, -0.2) is 4.39 Å². The van der Waals surface area contributed by atoms with Crippen molar-refractivity contribution < 1.29 is 14.0 Å². The number of hydrogen-bond acceptors (Lipinski definition) is 4. The monoisotopic (exact) mass is 505 g/mol. The van der Waals surface area contributed by atoms with Crippen molar-refractivity contribution in [1.29, 1.82) is 0 Å². The fourth-order valence-electron chi connectivity index (χ4n) is 5.53. The number of amides is 2. The van der Waals surface area contributed by atoms with Crippen LogP contribution in [0.3, 0.4) is 0 Å². The van der Waals surface area contributed by atoms with Crippen molar-refractivity contribution in [3.8, 4) is 0 Å². The lowest BCUT2D eigenvalue weighted by atomic mass is 9.93. The van der Waals surface area contributed by atoms with Gasteiger partial charge in [0.05, 0.1) is 6.04 Å². The van der Waals surface area contributed by atoms with Gasteiger partial charge in [0, 0.05) is 55.6 Å². The maximum Gasteiger partial charge on any atom is 0.254 e. The molecule has 3 aromatic rings. The lowest BCUT2D eigenvalue weighted by molar-refractivity contribution is -0.134. The molecular formula is C29H32FN3O2S. The molecule has 0 saturated carbocycles. The van der Waals surface area contributed by atoms with Crippen molar-refractivity contribution in [3.05, 3.63) is 92.9 Å². The third-order valence-electron chi connectivity index (χ3n) is 7.46. The van der Waals surface area contributed by atoms with E-state index in [1.54, 1.807) is 23.5 Å². The van der Waals surface area contributed by atoms with Crippen LogP contribution >= 0.6 is 11.3 Å². The molecule has 1 saturated heterocycles. The Morgan fingerprint density at radius 2 is 1.89 bits per heavy atom. The highest BCUT2D eigenvalue weighted by Crippen LogP contribution is 2.38. The summed E-state index contributed by atoms with van der Waals surface area (Å²) in [5.41, 5.74) is 3.85. The maximum absolute atomic E-state index is 14.1. The van der Waals surface area contributed by atoms with Gasteiger partial charge in [-0.2, -0.15) is 0 Å². The molecule has 1 aromatic heterocycles. The molecule has 7 heteroatoms. The normalized spacial score (nSPS) is 20.3. The van der Waals surface area contributed by atoms with Crippen molar-refractivity contribution in [1.82, 2.24) is 14.7 Å².